The number of amidine groups is 1. The second-order valence-corrected chi connectivity index (χ2v) is 5.37. The maximum atomic E-state index is 13.5. The molecule has 4 N–H and O–H groups in total. The summed E-state index contributed by atoms with van der Waals surface area (Å²) >= 11 is 0. The molecule has 114 valence electrons. The van der Waals surface area contributed by atoms with E-state index in [4.69, 9.17) is 10.9 Å². The first-order chi connectivity index (χ1) is 10.1. The van der Waals surface area contributed by atoms with Crippen molar-refractivity contribution in [1.29, 1.82) is 0 Å². The Labute approximate surface area is 123 Å². The van der Waals surface area contributed by atoms with Crippen molar-refractivity contribution >= 4 is 11.7 Å². The van der Waals surface area contributed by atoms with Crippen molar-refractivity contribution < 1.29 is 14.4 Å². The topological polar surface area (TPSA) is 87.7 Å². The molecule has 1 aromatic rings. The SMILES string of the molecule is NC(=NO)C1(C(=O)NCCc2ccccc2F)CCCC1. The monoisotopic (exact) mass is 293 g/mol. The van der Waals surface area contributed by atoms with Crippen LogP contribution in [0.1, 0.15) is 31.2 Å². The summed E-state index contributed by atoms with van der Waals surface area (Å²) in [7, 11) is 0. The van der Waals surface area contributed by atoms with Crippen molar-refractivity contribution in [2.45, 2.75) is 32.1 Å². The fraction of sp³-hybridized carbons (Fsp3) is 0.467. The Morgan fingerprint density at radius 3 is 2.67 bits per heavy atom. The van der Waals surface area contributed by atoms with Crippen LogP contribution in [0.5, 0.6) is 0 Å². The maximum Gasteiger partial charge on any atom is 0.233 e. The lowest BCUT2D eigenvalue weighted by molar-refractivity contribution is -0.127. The molecule has 1 aliphatic rings. The predicted molar refractivity (Wildman–Crippen MR) is 77.4 cm³/mol. The Balaban J connectivity index is 1.96. The number of oxime groups is 1. The number of nitrogens with two attached hydrogens (primary N) is 1. The highest BCUT2D eigenvalue weighted by Gasteiger charge is 2.45. The van der Waals surface area contributed by atoms with Gasteiger partial charge in [-0.25, -0.2) is 4.39 Å². The Hall–Kier alpha value is -2.11. The van der Waals surface area contributed by atoms with Crippen molar-refractivity contribution in [3.63, 3.8) is 0 Å². The number of hydrogen-bond acceptors (Lipinski definition) is 3. The molecule has 0 bridgehead atoms. The van der Waals surface area contributed by atoms with Crippen LogP contribution in [0.3, 0.4) is 0 Å². The van der Waals surface area contributed by atoms with Crippen LogP contribution in [0.25, 0.3) is 0 Å². The Bertz CT molecular complexity index is 539. The third-order valence-electron chi connectivity index (χ3n) is 4.13. The van der Waals surface area contributed by atoms with E-state index < -0.39 is 5.41 Å². The number of carbonyl (C=O) groups excluding carboxylic acids is 1. The number of rotatable bonds is 5. The third-order valence-corrected chi connectivity index (χ3v) is 4.13. The van der Waals surface area contributed by atoms with Crippen LogP contribution in [0.4, 0.5) is 4.39 Å². The first kappa shape index (κ1) is 15.3. The summed E-state index contributed by atoms with van der Waals surface area (Å²) in [6.07, 6.45) is 3.31. The molecule has 1 aromatic carbocycles. The van der Waals surface area contributed by atoms with Crippen LogP contribution in [0, 0.1) is 11.2 Å². The Kier molecular flexibility index (Phi) is 4.77. The van der Waals surface area contributed by atoms with Gasteiger partial charge in [-0.15, -0.1) is 0 Å². The van der Waals surface area contributed by atoms with Crippen molar-refractivity contribution in [3.05, 3.63) is 35.6 Å². The van der Waals surface area contributed by atoms with E-state index >= 15 is 0 Å². The van der Waals surface area contributed by atoms with Gasteiger partial charge in [0.2, 0.25) is 5.91 Å². The van der Waals surface area contributed by atoms with Crippen LogP contribution < -0.4 is 11.1 Å². The quantitative estimate of drug-likeness (QED) is 0.335. The van der Waals surface area contributed by atoms with Gasteiger partial charge in [-0.2, -0.15) is 0 Å². The summed E-state index contributed by atoms with van der Waals surface area (Å²) in [4.78, 5) is 12.4. The van der Waals surface area contributed by atoms with Gasteiger partial charge in [0.1, 0.15) is 11.2 Å². The van der Waals surface area contributed by atoms with E-state index in [1.165, 1.54) is 6.07 Å². The van der Waals surface area contributed by atoms with Crippen LogP contribution in [0.15, 0.2) is 29.4 Å². The van der Waals surface area contributed by atoms with E-state index in [9.17, 15) is 9.18 Å². The number of halogens is 1. The van der Waals surface area contributed by atoms with Gasteiger partial charge in [0.05, 0.1) is 0 Å². The Morgan fingerprint density at radius 2 is 2.05 bits per heavy atom. The average molecular weight is 293 g/mol. The molecule has 1 amide bonds. The number of amides is 1. The number of nitrogens with one attached hydrogen (secondary N) is 1. The van der Waals surface area contributed by atoms with Gasteiger partial charge in [0.15, 0.2) is 5.84 Å². The normalized spacial score (nSPS) is 17.7. The summed E-state index contributed by atoms with van der Waals surface area (Å²) in [6.45, 7) is 0.320. The molecule has 0 saturated heterocycles. The van der Waals surface area contributed by atoms with Gasteiger partial charge < -0.3 is 16.3 Å². The molecule has 1 fully saturated rings. The van der Waals surface area contributed by atoms with Gasteiger partial charge >= 0.3 is 0 Å². The first-order valence-electron chi connectivity index (χ1n) is 7.10. The van der Waals surface area contributed by atoms with E-state index in [1.807, 2.05) is 0 Å². The first-order valence-corrected chi connectivity index (χ1v) is 7.10. The predicted octanol–water partition coefficient (Wildman–Crippen LogP) is 1.79. The van der Waals surface area contributed by atoms with Crippen LogP contribution >= 0.6 is 0 Å². The molecule has 2 rings (SSSR count). The van der Waals surface area contributed by atoms with E-state index in [0.29, 0.717) is 31.4 Å². The molecule has 21 heavy (non-hydrogen) atoms. The van der Waals surface area contributed by atoms with Crippen LogP contribution in [0.2, 0.25) is 0 Å². The van der Waals surface area contributed by atoms with E-state index in [1.54, 1.807) is 18.2 Å². The van der Waals surface area contributed by atoms with Crippen LogP contribution in [-0.4, -0.2) is 23.5 Å². The maximum absolute atomic E-state index is 13.5. The third kappa shape index (κ3) is 3.15. The number of hydrogen-bond donors (Lipinski definition) is 3. The fourth-order valence-electron chi connectivity index (χ4n) is 2.85. The molecular weight excluding hydrogens is 273 g/mol. The zero-order chi connectivity index (χ0) is 15.3. The fourth-order valence-corrected chi connectivity index (χ4v) is 2.85. The Morgan fingerprint density at radius 1 is 1.38 bits per heavy atom. The lowest BCUT2D eigenvalue weighted by atomic mass is 9.83. The molecule has 1 saturated carbocycles. The lowest BCUT2D eigenvalue weighted by Gasteiger charge is -2.26. The van der Waals surface area contributed by atoms with Crippen molar-refractivity contribution in [3.8, 4) is 0 Å². The molecule has 5 nitrogen and oxygen atoms in total. The summed E-state index contributed by atoms with van der Waals surface area (Å²) in [5, 5.41) is 14.7. The summed E-state index contributed by atoms with van der Waals surface area (Å²) in [6, 6.07) is 6.47. The van der Waals surface area contributed by atoms with Gasteiger partial charge in [-0.05, 0) is 30.9 Å². The van der Waals surface area contributed by atoms with E-state index in [-0.39, 0.29) is 17.6 Å². The molecule has 0 heterocycles. The molecule has 1 aliphatic carbocycles. The number of benzene rings is 1. The zero-order valence-corrected chi connectivity index (χ0v) is 11.8. The number of nitrogens with zero attached hydrogens (tertiary/aromatic N) is 1. The second-order valence-electron chi connectivity index (χ2n) is 5.37. The van der Waals surface area contributed by atoms with E-state index in [0.717, 1.165) is 12.8 Å². The largest absolute Gasteiger partial charge is 0.409 e. The summed E-state index contributed by atoms with van der Waals surface area (Å²) < 4.78 is 13.5. The molecule has 0 unspecified atom stereocenters. The molecule has 0 spiro atoms. The molecular formula is C15H20FN3O2. The van der Waals surface area contributed by atoms with Gasteiger partial charge in [0.25, 0.3) is 0 Å². The molecule has 0 aliphatic heterocycles. The van der Waals surface area contributed by atoms with Crippen molar-refractivity contribution in [2.24, 2.45) is 16.3 Å². The van der Waals surface area contributed by atoms with Crippen molar-refractivity contribution in [2.75, 3.05) is 6.54 Å². The minimum Gasteiger partial charge on any atom is -0.409 e. The zero-order valence-electron chi connectivity index (χ0n) is 11.8. The highest BCUT2D eigenvalue weighted by Crippen LogP contribution is 2.38. The molecule has 0 aromatic heterocycles. The van der Waals surface area contributed by atoms with E-state index in [2.05, 4.69) is 10.5 Å². The highest BCUT2D eigenvalue weighted by atomic mass is 19.1. The molecule has 0 radical (unpaired) electrons. The van der Waals surface area contributed by atoms with Gasteiger partial charge in [-0.3, -0.25) is 4.79 Å². The smallest absolute Gasteiger partial charge is 0.233 e. The number of carbonyl (C=O) groups is 1. The van der Waals surface area contributed by atoms with Crippen molar-refractivity contribution in [1.82, 2.24) is 5.32 Å². The molecule has 0 atom stereocenters. The second kappa shape index (κ2) is 6.56. The summed E-state index contributed by atoms with van der Waals surface area (Å²) in [5.41, 5.74) is 5.35. The average Bonchev–Trinajstić information content (AvgIpc) is 2.99. The minimum absolute atomic E-state index is 0.0385. The standard InChI is InChI=1S/C15H20FN3O2/c16-12-6-2-1-5-11(12)7-10-18-14(20)15(13(17)19-21)8-3-4-9-15/h1-2,5-6,21H,3-4,7-10H2,(H2,17,19)(H,18,20). The van der Waals surface area contributed by atoms with Gasteiger partial charge in [0, 0.05) is 6.54 Å². The molecule has 6 heteroatoms. The minimum atomic E-state index is -0.913. The summed E-state index contributed by atoms with van der Waals surface area (Å²) in [5.74, 6) is -0.561. The van der Waals surface area contributed by atoms with Gasteiger partial charge in [-0.1, -0.05) is 36.2 Å². The lowest BCUT2D eigenvalue weighted by Crippen LogP contribution is -2.48. The highest BCUT2D eigenvalue weighted by molar-refractivity contribution is 6.07. The van der Waals surface area contributed by atoms with Crippen LogP contribution in [-0.2, 0) is 11.2 Å².